The molecule has 1 aromatic heterocycles. The van der Waals surface area contributed by atoms with Crippen molar-refractivity contribution in [2.45, 2.75) is 32.7 Å². The lowest BCUT2D eigenvalue weighted by molar-refractivity contribution is 0.232. The predicted molar refractivity (Wildman–Crippen MR) is 71.7 cm³/mol. The van der Waals surface area contributed by atoms with Crippen LogP contribution in [0.25, 0.3) is 0 Å². The van der Waals surface area contributed by atoms with Crippen molar-refractivity contribution in [3.8, 4) is 0 Å². The van der Waals surface area contributed by atoms with Crippen LogP contribution in [0, 0.1) is 0 Å². The average Bonchev–Trinajstić information content (AvgIpc) is 2.63. The highest BCUT2D eigenvalue weighted by Gasteiger charge is 2.12. The summed E-state index contributed by atoms with van der Waals surface area (Å²) in [6.45, 7) is 6.44. The molecule has 0 aliphatic heterocycles. The molecule has 1 rings (SSSR count). The van der Waals surface area contributed by atoms with Crippen LogP contribution < -0.4 is 16.0 Å². The van der Waals surface area contributed by atoms with Gasteiger partial charge in [0.25, 0.3) is 0 Å². The van der Waals surface area contributed by atoms with Crippen LogP contribution in [0.5, 0.6) is 0 Å². The van der Waals surface area contributed by atoms with E-state index in [1.54, 1.807) is 11.3 Å². The molecule has 0 bridgehead atoms. The molecule has 0 aliphatic rings. The second-order valence-corrected chi connectivity index (χ2v) is 5.63. The molecule has 0 saturated carbocycles. The zero-order valence-electron chi connectivity index (χ0n) is 10.8. The zero-order valence-corrected chi connectivity index (χ0v) is 11.6. The Kier molecular flexibility index (Phi) is 4.74. The Hall–Kier alpha value is -1.30. The Bertz CT molecular complexity index is 370. The Morgan fingerprint density at radius 2 is 2.18 bits per heavy atom. The topological polar surface area (TPSA) is 66.0 Å². The van der Waals surface area contributed by atoms with Crippen molar-refractivity contribution in [1.82, 2.24) is 15.6 Å². The largest absolute Gasteiger partial charge is 0.365 e. The molecule has 96 valence electrons. The molecular formula is C11H20N4OS. The van der Waals surface area contributed by atoms with Crippen LogP contribution in [0.15, 0.2) is 5.38 Å². The Balaban J connectivity index is 2.26. The van der Waals surface area contributed by atoms with Crippen molar-refractivity contribution >= 4 is 22.5 Å². The maximum atomic E-state index is 11.5. The smallest absolute Gasteiger partial charge is 0.315 e. The molecule has 0 aromatic carbocycles. The number of carbonyl (C=O) groups excluding carboxylic acids is 1. The first-order valence-electron chi connectivity index (χ1n) is 5.59. The first kappa shape index (κ1) is 13.8. The molecule has 0 fully saturated rings. The number of carbonyl (C=O) groups is 1. The Labute approximate surface area is 106 Å². The van der Waals surface area contributed by atoms with Crippen LogP contribution in [-0.4, -0.2) is 30.1 Å². The summed E-state index contributed by atoms with van der Waals surface area (Å²) in [6, 6.07) is -0.137. The van der Waals surface area contributed by atoms with Gasteiger partial charge in [-0.3, -0.25) is 0 Å². The van der Waals surface area contributed by atoms with Crippen LogP contribution >= 0.6 is 11.3 Å². The van der Waals surface area contributed by atoms with Gasteiger partial charge in [-0.1, -0.05) is 0 Å². The van der Waals surface area contributed by atoms with Gasteiger partial charge in [-0.05, 0) is 20.8 Å². The highest BCUT2D eigenvalue weighted by molar-refractivity contribution is 7.13. The van der Waals surface area contributed by atoms with E-state index in [1.807, 2.05) is 33.2 Å². The highest BCUT2D eigenvalue weighted by Crippen LogP contribution is 2.14. The van der Waals surface area contributed by atoms with E-state index in [0.717, 1.165) is 17.2 Å². The maximum Gasteiger partial charge on any atom is 0.315 e. The van der Waals surface area contributed by atoms with Gasteiger partial charge in [0.1, 0.15) is 0 Å². The molecule has 5 nitrogen and oxygen atoms in total. The fourth-order valence-corrected chi connectivity index (χ4v) is 1.93. The van der Waals surface area contributed by atoms with Crippen LogP contribution in [0.2, 0.25) is 0 Å². The van der Waals surface area contributed by atoms with Crippen LogP contribution in [-0.2, 0) is 6.42 Å². The molecule has 0 spiro atoms. The molecule has 3 N–H and O–H groups in total. The van der Waals surface area contributed by atoms with Crippen molar-refractivity contribution in [2.24, 2.45) is 0 Å². The number of rotatable bonds is 4. The van der Waals surface area contributed by atoms with Gasteiger partial charge in [0.15, 0.2) is 5.13 Å². The number of nitrogens with zero attached hydrogens (tertiary/aromatic N) is 1. The van der Waals surface area contributed by atoms with Crippen molar-refractivity contribution in [1.29, 1.82) is 0 Å². The number of hydrogen-bond acceptors (Lipinski definition) is 4. The number of aromatic nitrogens is 1. The summed E-state index contributed by atoms with van der Waals surface area (Å²) < 4.78 is 0. The zero-order chi connectivity index (χ0) is 12.9. The summed E-state index contributed by atoms with van der Waals surface area (Å²) in [5, 5.41) is 11.5. The van der Waals surface area contributed by atoms with Gasteiger partial charge < -0.3 is 16.0 Å². The van der Waals surface area contributed by atoms with Gasteiger partial charge in [0.05, 0.1) is 5.69 Å². The van der Waals surface area contributed by atoms with Gasteiger partial charge in [0, 0.05) is 30.9 Å². The van der Waals surface area contributed by atoms with E-state index >= 15 is 0 Å². The number of anilines is 1. The molecule has 0 unspecified atom stereocenters. The van der Waals surface area contributed by atoms with Gasteiger partial charge >= 0.3 is 6.03 Å². The first-order chi connectivity index (χ1) is 7.90. The standard InChI is InChI=1S/C11H20N4OS/c1-11(2,3)15-9(16)13-6-5-8-7-17-10(12-4)14-8/h7H,5-6H2,1-4H3,(H,12,14)(H2,13,15,16). The molecule has 2 amide bonds. The summed E-state index contributed by atoms with van der Waals surface area (Å²) >= 11 is 1.57. The Morgan fingerprint density at radius 1 is 1.47 bits per heavy atom. The van der Waals surface area contributed by atoms with E-state index < -0.39 is 0 Å². The van der Waals surface area contributed by atoms with E-state index in [1.165, 1.54) is 0 Å². The monoisotopic (exact) mass is 256 g/mol. The number of amides is 2. The minimum atomic E-state index is -0.204. The van der Waals surface area contributed by atoms with E-state index in [2.05, 4.69) is 20.9 Å². The molecule has 6 heteroatoms. The van der Waals surface area contributed by atoms with E-state index in [0.29, 0.717) is 6.54 Å². The first-order valence-corrected chi connectivity index (χ1v) is 6.47. The number of nitrogens with one attached hydrogen (secondary N) is 3. The van der Waals surface area contributed by atoms with E-state index in [4.69, 9.17) is 0 Å². The minimum Gasteiger partial charge on any atom is -0.365 e. The predicted octanol–water partition coefficient (Wildman–Crippen LogP) is 1.82. The van der Waals surface area contributed by atoms with Gasteiger partial charge in [-0.15, -0.1) is 11.3 Å². The maximum absolute atomic E-state index is 11.5. The third-order valence-corrected chi connectivity index (χ3v) is 2.83. The quantitative estimate of drug-likeness (QED) is 0.770. The molecule has 0 radical (unpaired) electrons. The molecular weight excluding hydrogens is 236 g/mol. The summed E-state index contributed by atoms with van der Waals surface area (Å²) in [5.41, 5.74) is 0.791. The van der Waals surface area contributed by atoms with Gasteiger partial charge in [-0.2, -0.15) is 0 Å². The van der Waals surface area contributed by atoms with E-state index in [9.17, 15) is 4.79 Å². The summed E-state index contributed by atoms with van der Waals surface area (Å²) in [7, 11) is 1.84. The summed E-state index contributed by atoms with van der Waals surface area (Å²) in [4.78, 5) is 15.8. The lowest BCUT2D eigenvalue weighted by Gasteiger charge is -2.20. The number of thiazole rings is 1. The second kappa shape index (κ2) is 5.86. The lowest BCUT2D eigenvalue weighted by Crippen LogP contribution is -2.46. The molecule has 1 aromatic rings. The lowest BCUT2D eigenvalue weighted by atomic mass is 10.1. The fourth-order valence-electron chi connectivity index (χ4n) is 1.23. The molecule has 1 heterocycles. The summed E-state index contributed by atoms with van der Waals surface area (Å²) in [5.74, 6) is 0. The second-order valence-electron chi connectivity index (χ2n) is 4.77. The highest BCUT2D eigenvalue weighted by atomic mass is 32.1. The molecule has 0 saturated heterocycles. The Morgan fingerprint density at radius 3 is 2.71 bits per heavy atom. The minimum absolute atomic E-state index is 0.137. The van der Waals surface area contributed by atoms with Crippen LogP contribution in [0.4, 0.5) is 9.93 Å². The van der Waals surface area contributed by atoms with Gasteiger partial charge in [-0.25, -0.2) is 9.78 Å². The third-order valence-electron chi connectivity index (χ3n) is 1.92. The van der Waals surface area contributed by atoms with Crippen molar-refractivity contribution < 1.29 is 4.79 Å². The van der Waals surface area contributed by atoms with Crippen LogP contribution in [0.1, 0.15) is 26.5 Å². The molecule has 0 aliphatic carbocycles. The van der Waals surface area contributed by atoms with Crippen molar-refractivity contribution in [2.75, 3.05) is 18.9 Å². The number of hydrogen-bond donors (Lipinski definition) is 3. The fraction of sp³-hybridized carbons (Fsp3) is 0.636. The van der Waals surface area contributed by atoms with Crippen LogP contribution in [0.3, 0.4) is 0 Å². The van der Waals surface area contributed by atoms with Crippen molar-refractivity contribution in [3.63, 3.8) is 0 Å². The number of urea groups is 1. The summed E-state index contributed by atoms with van der Waals surface area (Å²) in [6.07, 6.45) is 0.746. The van der Waals surface area contributed by atoms with Crippen molar-refractivity contribution in [3.05, 3.63) is 11.1 Å². The molecule has 0 atom stereocenters. The van der Waals surface area contributed by atoms with Gasteiger partial charge in [0.2, 0.25) is 0 Å². The average molecular weight is 256 g/mol. The normalized spacial score (nSPS) is 11.1. The van der Waals surface area contributed by atoms with E-state index in [-0.39, 0.29) is 11.6 Å². The SMILES string of the molecule is CNc1nc(CCNC(=O)NC(C)(C)C)cs1. The molecule has 17 heavy (non-hydrogen) atoms. The third kappa shape index (κ3) is 5.53.